The second kappa shape index (κ2) is 6.63. The van der Waals surface area contributed by atoms with E-state index in [4.69, 9.17) is 0 Å². The van der Waals surface area contributed by atoms with Gasteiger partial charge in [-0.2, -0.15) is 5.10 Å². The Morgan fingerprint density at radius 3 is 2.88 bits per heavy atom. The molecule has 7 heteroatoms. The molecule has 0 bridgehead atoms. The van der Waals surface area contributed by atoms with Gasteiger partial charge in [-0.3, -0.25) is 14.4 Å². The number of aryl methyl sites for hydroxylation is 2. The van der Waals surface area contributed by atoms with Gasteiger partial charge in [-0.1, -0.05) is 6.42 Å². The van der Waals surface area contributed by atoms with E-state index in [1.54, 1.807) is 0 Å². The highest BCUT2D eigenvalue weighted by atomic mass is 16.1. The minimum absolute atomic E-state index is 0.132. The first-order valence-corrected chi connectivity index (χ1v) is 9.08. The number of hydrogen-bond donors (Lipinski definition) is 1. The van der Waals surface area contributed by atoms with E-state index in [0.717, 1.165) is 43.1 Å². The number of nitrogens with zero attached hydrogens (tertiary/aromatic N) is 5. The fraction of sp³-hybridized carbons (Fsp3) is 0.611. The van der Waals surface area contributed by atoms with Crippen LogP contribution in [0.1, 0.15) is 42.1 Å². The smallest absolute Gasteiger partial charge is 0.230 e. The average molecular weight is 342 g/mol. The number of carbonyl (C=O) groups is 1. The third kappa shape index (κ3) is 3.33. The maximum Gasteiger partial charge on any atom is 0.230 e. The largest absolute Gasteiger partial charge is 0.355 e. The van der Waals surface area contributed by atoms with Crippen LogP contribution >= 0.6 is 0 Å². The SMILES string of the molecule is Cn1cc(CN2Cc3ncn(C)c3[C@@H](C(=O)NCC3CCC3)C2)cn1. The van der Waals surface area contributed by atoms with Gasteiger partial charge in [0.25, 0.3) is 0 Å². The summed E-state index contributed by atoms with van der Waals surface area (Å²) in [6, 6.07) is 0. The molecule has 0 unspecified atom stereocenters. The number of fused-ring (bicyclic) bond motifs is 1. The van der Waals surface area contributed by atoms with Crippen molar-refractivity contribution in [3.05, 3.63) is 35.7 Å². The summed E-state index contributed by atoms with van der Waals surface area (Å²) < 4.78 is 3.82. The lowest BCUT2D eigenvalue weighted by Crippen LogP contribution is -2.43. The van der Waals surface area contributed by atoms with Gasteiger partial charge in [0.15, 0.2) is 0 Å². The number of hydrogen-bond acceptors (Lipinski definition) is 4. The lowest BCUT2D eigenvalue weighted by molar-refractivity contribution is -0.123. The van der Waals surface area contributed by atoms with Gasteiger partial charge in [0.2, 0.25) is 5.91 Å². The molecular formula is C18H26N6O. The molecule has 25 heavy (non-hydrogen) atoms. The van der Waals surface area contributed by atoms with E-state index < -0.39 is 0 Å². The van der Waals surface area contributed by atoms with Crippen molar-refractivity contribution in [3.63, 3.8) is 0 Å². The number of aromatic nitrogens is 4. The zero-order chi connectivity index (χ0) is 17.4. The van der Waals surface area contributed by atoms with Gasteiger partial charge in [0.1, 0.15) is 0 Å². The van der Waals surface area contributed by atoms with Crippen LogP contribution in [-0.2, 0) is 32.0 Å². The van der Waals surface area contributed by atoms with Crippen LogP contribution in [-0.4, -0.2) is 43.2 Å². The van der Waals surface area contributed by atoms with Gasteiger partial charge in [-0.15, -0.1) is 0 Å². The predicted octanol–water partition coefficient (Wildman–Crippen LogP) is 1.17. The molecule has 2 aliphatic rings. The van der Waals surface area contributed by atoms with Crippen LogP contribution in [0, 0.1) is 5.92 Å². The number of imidazole rings is 1. The summed E-state index contributed by atoms with van der Waals surface area (Å²) in [4.78, 5) is 19.7. The van der Waals surface area contributed by atoms with Crippen molar-refractivity contribution in [2.75, 3.05) is 13.1 Å². The van der Waals surface area contributed by atoms with Gasteiger partial charge >= 0.3 is 0 Å². The molecule has 7 nitrogen and oxygen atoms in total. The van der Waals surface area contributed by atoms with E-state index in [1.165, 1.54) is 19.3 Å². The molecule has 1 atom stereocenters. The van der Waals surface area contributed by atoms with Crippen molar-refractivity contribution in [2.45, 2.75) is 38.3 Å². The van der Waals surface area contributed by atoms with Crippen LogP contribution in [0.2, 0.25) is 0 Å². The maximum absolute atomic E-state index is 12.9. The van der Waals surface area contributed by atoms with Gasteiger partial charge in [0, 0.05) is 52.0 Å². The van der Waals surface area contributed by atoms with Gasteiger partial charge < -0.3 is 9.88 Å². The minimum Gasteiger partial charge on any atom is -0.355 e. The van der Waals surface area contributed by atoms with Crippen LogP contribution in [0.4, 0.5) is 0 Å². The van der Waals surface area contributed by atoms with E-state index in [1.807, 2.05) is 42.1 Å². The van der Waals surface area contributed by atoms with Crippen molar-refractivity contribution < 1.29 is 4.79 Å². The Hall–Kier alpha value is -2.15. The lowest BCUT2D eigenvalue weighted by atomic mass is 9.85. The standard InChI is InChI=1S/C18H26N6O/c1-22-12-20-16-11-24(9-14-7-21-23(2)8-14)10-15(17(16)22)18(25)19-6-13-4-3-5-13/h7-8,12-13,15H,3-6,9-11H2,1-2H3,(H,19,25)/t15-/m0/s1. The molecule has 0 radical (unpaired) electrons. The highest BCUT2D eigenvalue weighted by Gasteiger charge is 2.34. The lowest BCUT2D eigenvalue weighted by Gasteiger charge is -2.33. The van der Waals surface area contributed by atoms with E-state index in [2.05, 4.69) is 20.3 Å². The normalized spacial score (nSPS) is 21.0. The van der Waals surface area contributed by atoms with Crippen molar-refractivity contribution in [3.8, 4) is 0 Å². The zero-order valence-electron chi connectivity index (χ0n) is 15.0. The summed E-state index contributed by atoms with van der Waals surface area (Å²) in [5.74, 6) is 0.644. The van der Waals surface area contributed by atoms with Crippen LogP contribution in [0.5, 0.6) is 0 Å². The first kappa shape index (κ1) is 16.3. The second-order valence-corrected chi connectivity index (χ2v) is 7.47. The fourth-order valence-corrected chi connectivity index (χ4v) is 3.88. The Bertz CT molecular complexity index is 759. The van der Waals surface area contributed by atoms with Crippen LogP contribution < -0.4 is 5.32 Å². The molecule has 1 fully saturated rings. The van der Waals surface area contributed by atoms with Crippen LogP contribution in [0.25, 0.3) is 0 Å². The van der Waals surface area contributed by atoms with Crippen LogP contribution in [0.15, 0.2) is 18.7 Å². The summed E-state index contributed by atoms with van der Waals surface area (Å²) in [6.07, 6.45) is 9.53. The molecule has 0 saturated heterocycles. The van der Waals surface area contributed by atoms with Gasteiger partial charge in [-0.25, -0.2) is 4.98 Å². The first-order chi connectivity index (χ1) is 12.1. The Kier molecular flexibility index (Phi) is 4.33. The third-order valence-electron chi connectivity index (χ3n) is 5.48. The number of nitrogens with one attached hydrogen (secondary N) is 1. The van der Waals surface area contributed by atoms with Crippen LogP contribution in [0.3, 0.4) is 0 Å². The summed E-state index contributed by atoms with van der Waals surface area (Å²) >= 11 is 0. The number of amides is 1. The highest BCUT2D eigenvalue weighted by molar-refractivity contribution is 5.84. The maximum atomic E-state index is 12.9. The number of carbonyl (C=O) groups excluding carboxylic acids is 1. The quantitative estimate of drug-likeness (QED) is 0.886. The molecule has 0 spiro atoms. The molecule has 4 rings (SSSR count). The summed E-state index contributed by atoms with van der Waals surface area (Å²) in [5, 5.41) is 7.42. The minimum atomic E-state index is -0.159. The Balaban J connectivity index is 1.49. The van der Waals surface area contributed by atoms with E-state index in [0.29, 0.717) is 5.92 Å². The van der Waals surface area contributed by atoms with Crippen molar-refractivity contribution in [1.82, 2.24) is 29.5 Å². The molecule has 1 aliphatic carbocycles. The molecule has 3 heterocycles. The topological polar surface area (TPSA) is 68.0 Å². The van der Waals surface area contributed by atoms with E-state index in [-0.39, 0.29) is 11.8 Å². The number of rotatable bonds is 5. The molecule has 1 saturated carbocycles. The molecule has 134 valence electrons. The molecule has 2 aromatic rings. The molecule has 2 aromatic heterocycles. The summed E-state index contributed by atoms with van der Waals surface area (Å²) in [6.45, 7) is 3.09. The monoisotopic (exact) mass is 342 g/mol. The Labute approximate surface area is 148 Å². The molecular weight excluding hydrogens is 316 g/mol. The van der Waals surface area contributed by atoms with Crippen molar-refractivity contribution in [1.29, 1.82) is 0 Å². The Morgan fingerprint density at radius 2 is 2.20 bits per heavy atom. The molecule has 1 aliphatic heterocycles. The van der Waals surface area contributed by atoms with Crippen molar-refractivity contribution >= 4 is 5.91 Å². The van der Waals surface area contributed by atoms with E-state index >= 15 is 0 Å². The molecule has 0 aromatic carbocycles. The summed E-state index contributed by atoms with van der Waals surface area (Å²) in [7, 11) is 3.90. The van der Waals surface area contributed by atoms with Gasteiger partial charge in [0.05, 0.1) is 29.8 Å². The molecule has 1 amide bonds. The third-order valence-corrected chi connectivity index (χ3v) is 5.48. The fourth-order valence-electron chi connectivity index (χ4n) is 3.88. The molecule has 1 N–H and O–H groups in total. The summed E-state index contributed by atoms with van der Waals surface area (Å²) in [5.41, 5.74) is 3.24. The average Bonchev–Trinajstić information content (AvgIpc) is 3.11. The Morgan fingerprint density at radius 1 is 1.36 bits per heavy atom. The van der Waals surface area contributed by atoms with E-state index in [9.17, 15) is 4.79 Å². The van der Waals surface area contributed by atoms with Crippen molar-refractivity contribution in [2.24, 2.45) is 20.0 Å². The van der Waals surface area contributed by atoms with Gasteiger partial charge in [-0.05, 0) is 18.8 Å². The second-order valence-electron chi connectivity index (χ2n) is 7.47. The zero-order valence-corrected chi connectivity index (χ0v) is 15.0. The first-order valence-electron chi connectivity index (χ1n) is 9.08. The predicted molar refractivity (Wildman–Crippen MR) is 93.6 cm³/mol. The highest BCUT2D eigenvalue weighted by Crippen LogP contribution is 2.29.